The molecule has 4 heteroatoms. The molecule has 0 fully saturated rings. The minimum atomic E-state index is -0.0133. The molecule has 0 saturated carbocycles. The van der Waals surface area contributed by atoms with Crippen molar-refractivity contribution in [3.05, 3.63) is 62.0 Å². The molecular formula is C14H11Br2NO. The van der Waals surface area contributed by atoms with Crippen LogP contribution in [0.5, 0.6) is 0 Å². The van der Waals surface area contributed by atoms with Crippen molar-refractivity contribution in [3.8, 4) is 0 Å². The molecule has 0 saturated heterocycles. The molecule has 0 spiro atoms. The summed E-state index contributed by atoms with van der Waals surface area (Å²) in [4.78, 5) is 12.5. The van der Waals surface area contributed by atoms with Gasteiger partial charge in [-0.05, 0) is 52.7 Å². The highest BCUT2D eigenvalue weighted by molar-refractivity contribution is 9.10. The maximum Gasteiger partial charge on any atom is 0.194 e. The Kier molecular flexibility index (Phi) is 3.88. The zero-order chi connectivity index (χ0) is 13.3. The maximum absolute atomic E-state index is 12.5. The Labute approximate surface area is 122 Å². The monoisotopic (exact) mass is 367 g/mol. The molecule has 92 valence electrons. The Morgan fingerprint density at radius 1 is 1.06 bits per heavy atom. The van der Waals surface area contributed by atoms with Crippen LogP contribution in [0.15, 0.2) is 45.3 Å². The molecule has 0 radical (unpaired) electrons. The topological polar surface area (TPSA) is 43.1 Å². The van der Waals surface area contributed by atoms with Crippen LogP contribution in [-0.2, 0) is 0 Å². The van der Waals surface area contributed by atoms with Crippen LogP contribution >= 0.6 is 31.9 Å². The average molecular weight is 369 g/mol. The van der Waals surface area contributed by atoms with Crippen molar-refractivity contribution in [1.29, 1.82) is 0 Å². The molecule has 2 rings (SSSR count). The fraction of sp³-hybridized carbons (Fsp3) is 0.0714. The van der Waals surface area contributed by atoms with Gasteiger partial charge in [0.15, 0.2) is 5.78 Å². The molecule has 2 nitrogen and oxygen atoms in total. The highest BCUT2D eigenvalue weighted by Gasteiger charge is 2.15. The molecule has 2 aromatic carbocycles. The molecule has 0 atom stereocenters. The number of hydrogen-bond donors (Lipinski definition) is 1. The van der Waals surface area contributed by atoms with Gasteiger partial charge in [0.05, 0.1) is 0 Å². The molecule has 0 bridgehead atoms. The van der Waals surface area contributed by atoms with Gasteiger partial charge in [0, 0.05) is 25.8 Å². The second-order valence-electron chi connectivity index (χ2n) is 3.98. The van der Waals surface area contributed by atoms with Crippen molar-refractivity contribution in [3.63, 3.8) is 0 Å². The Balaban J connectivity index is 2.51. The summed E-state index contributed by atoms with van der Waals surface area (Å²) < 4.78 is 1.65. The summed E-state index contributed by atoms with van der Waals surface area (Å²) in [5.74, 6) is -0.0133. The van der Waals surface area contributed by atoms with Crippen LogP contribution in [0.1, 0.15) is 21.5 Å². The van der Waals surface area contributed by atoms with Gasteiger partial charge in [0.2, 0.25) is 0 Å². The van der Waals surface area contributed by atoms with Gasteiger partial charge in [-0.1, -0.05) is 28.1 Å². The van der Waals surface area contributed by atoms with Crippen molar-refractivity contribution in [1.82, 2.24) is 0 Å². The molecule has 0 aromatic heterocycles. The summed E-state index contributed by atoms with van der Waals surface area (Å²) in [7, 11) is 0. The summed E-state index contributed by atoms with van der Waals surface area (Å²) >= 11 is 6.81. The van der Waals surface area contributed by atoms with E-state index < -0.39 is 0 Å². The van der Waals surface area contributed by atoms with Crippen molar-refractivity contribution >= 4 is 43.3 Å². The Bertz CT molecular complexity index is 623. The predicted octanol–water partition coefficient (Wildman–Crippen LogP) is 4.33. The minimum absolute atomic E-state index is 0.0133. The standard InChI is InChI=1S/C14H11Br2NO/c1-8-10(3-2-4-12(8)15)14(18)11-6-5-9(17)7-13(11)16/h2-7H,17H2,1H3. The lowest BCUT2D eigenvalue weighted by Gasteiger charge is -2.08. The number of halogens is 2. The summed E-state index contributed by atoms with van der Waals surface area (Å²) in [6, 6.07) is 10.8. The number of anilines is 1. The molecule has 0 aliphatic rings. The zero-order valence-electron chi connectivity index (χ0n) is 9.71. The zero-order valence-corrected chi connectivity index (χ0v) is 12.9. The first kappa shape index (κ1) is 13.3. The van der Waals surface area contributed by atoms with Gasteiger partial charge in [0.25, 0.3) is 0 Å². The molecule has 0 unspecified atom stereocenters. The van der Waals surface area contributed by atoms with Crippen LogP contribution in [0, 0.1) is 6.92 Å². The lowest BCUT2D eigenvalue weighted by Crippen LogP contribution is -2.05. The third kappa shape index (κ3) is 2.49. The molecule has 0 heterocycles. The molecular weight excluding hydrogens is 358 g/mol. The van der Waals surface area contributed by atoms with Gasteiger partial charge in [-0.25, -0.2) is 0 Å². The van der Waals surface area contributed by atoms with E-state index in [9.17, 15) is 4.79 Å². The predicted molar refractivity (Wildman–Crippen MR) is 80.9 cm³/mol. The van der Waals surface area contributed by atoms with E-state index in [1.807, 2.05) is 25.1 Å². The number of carbonyl (C=O) groups excluding carboxylic acids is 1. The van der Waals surface area contributed by atoms with E-state index in [4.69, 9.17) is 5.73 Å². The van der Waals surface area contributed by atoms with Gasteiger partial charge in [-0.15, -0.1) is 0 Å². The van der Waals surface area contributed by atoms with Crippen LogP contribution in [-0.4, -0.2) is 5.78 Å². The molecule has 0 amide bonds. The van der Waals surface area contributed by atoms with E-state index in [0.717, 1.165) is 10.0 Å². The van der Waals surface area contributed by atoms with Crippen LogP contribution in [0.4, 0.5) is 5.69 Å². The van der Waals surface area contributed by atoms with E-state index in [1.54, 1.807) is 18.2 Å². The molecule has 18 heavy (non-hydrogen) atoms. The first-order valence-electron chi connectivity index (χ1n) is 5.35. The van der Waals surface area contributed by atoms with Crippen molar-refractivity contribution < 1.29 is 4.79 Å². The number of hydrogen-bond acceptors (Lipinski definition) is 2. The van der Waals surface area contributed by atoms with E-state index in [2.05, 4.69) is 31.9 Å². The van der Waals surface area contributed by atoms with Gasteiger partial charge >= 0.3 is 0 Å². The molecule has 0 aliphatic carbocycles. The SMILES string of the molecule is Cc1c(Br)cccc1C(=O)c1ccc(N)cc1Br. The van der Waals surface area contributed by atoms with Crippen LogP contribution in [0.3, 0.4) is 0 Å². The summed E-state index contributed by atoms with van der Waals surface area (Å²) in [5, 5.41) is 0. The average Bonchev–Trinajstić information content (AvgIpc) is 2.32. The van der Waals surface area contributed by atoms with E-state index in [-0.39, 0.29) is 5.78 Å². The number of nitrogens with two attached hydrogens (primary N) is 1. The number of benzene rings is 2. The number of rotatable bonds is 2. The lowest BCUT2D eigenvalue weighted by molar-refractivity contribution is 0.103. The van der Waals surface area contributed by atoms with Crippen molar-refractivity contribution in [2.24, 2.45) is 0 Å². The molecule has 2 aromatic rings. The second kappa shape index (κ2) is 5.24. The maximum atomic E-state index is 12.5. The highest BCUT2D eigenvalue weighted by atomic mass is 79.9. The van der Waals surface area contributed by atoms with Gasteiger partial charge in [0.1, 0.15) is 0 Å². The smallest absolute Gasteiger partial charge is 0.194 e. The Hall–Kier alpha value is -1.13. The number of ketones is 1. The largest absolute Gasteiger partial charge is 0.399 e. The van der Waals surface area contributed by atoms with E-state index >= 15 is 0 Å². The summed E-state index contributed by atoms with van der Waals surface area (Å²) in [6.45, 7) is 1.92. The summed E-state index contributed by atoms with van der Waals surface area (Å²) in [5.41, 5.74) is 8.54. The summed E-state index contributed by atoms with van der Waals surface area (Å²) in [6.07, 6.45) is 0. The van der Waals surface area contributed by atoms with Gasteiger partial charge in [-0.3, -0.25) is 4.79 Å². The van der Waals surface area contributed by atoms with Crippen molar-refractivity contribution in [2.75, 3.05) is 5.73 Å². The molecule has 0 aliphatic heterocycles. The van der Waals surface area contributed by atoms with Crippen LogP contribution in [0.25, 0.3) is 0 Å². The fourth-order valence-electron chi connectivity index (χ4n) is 1.71. The van der Waals surface area contributed by atoms with Crippen molar-refractivity contribution in [2.45, 2.75) is 6.92 Å². The van der Waals surface area contributed by atoms with Crippen LogP contribution < -0.4 is 5.73 Å². The third-order valence-electron chi connectivity index (χ3n) is 2.75. The van der Waals surface area contributed by atoms with E-state index in [1.165, 1.54) is 0 Å². The molecule has 2 N–H and O–H groups in total. The minimum Gasteiger partial charge on any atom is -0.399 e. The third-order valence-corrected chi connectivity index (χ3v) is 4.27. The quantitative estimate of drug-likeness (QED) is 0.633. The lowest BCUT2D eigenvalue weighted by atomic mass is 9.99. The first-order chi connectivity index (χ1) is 8.50. The highest BCUT2D eigenvalue weighted by Crippen LogP contribution is 2.26. The Morgan fingerprint density at radius 2 is 1.78 bits per heavy atom. The van der Waals surface area contributed by atoms with Crippen LogP contribution in [0.2, 0.25) is 0 Å². The van der Waals surface area contributed by atoms with E-state index in [0.29, 0.717) is 21.3 Å². The number of nitrogen functional groups attached to an aromatic ring is 1. The van der Waals surface area contributed by atoms with Gasteiger partial charge in [-0.2, -0.15) is 0 Å². The second-order valence-corrected chi connectivity index (χ2v) is 5.69. The first-order valence-corrected chi connectivity index (χ1v) is 6.94. The number of carbonyl (C=O) groups is 1. The Morgan fingerprint density at radius 3 is 2.44 bits per heavy atom. The fourth-order valence-corrected chi connectivity index (χ4v) is 2.66. The normalized spacial score (nSPS) is 10.4. The van der Waals surface area contributed by atoms with Gasteiger partial charge < -0.3 is 5.73 Å².